The lowest BCUT2D eigenvalue weighted by atomic mass is 9.92. The fraction of sp³-hybridized carbons (Fsp3) is 0.250. The van der Waals surface area contributed by atoms with Gasteiger partial charge in [0.15, 0.2) is 0 Å². The summed E-state index contributed by atoms with van der Waals surface area (Å²) in [6.45, 7) is 3.88. The van der Waals surface area contributed by atoms with Gasteiger partial charge in [0.1, 0.15) is 5.84 Å². The van der Waals surface area contributed by atoms with E-state index in [9.17, 15) is 4.79 Å². The van der Waals surface area contributed by atoms with E-state index < -0.39 is 5.41 Å². The molecule has 0 unspecified atom stereocenters. The average Bonchev–Trinajstić information content (AvgIpc) is 2.51. The Morgan fingerprint density at radius 1 is 1.24 bits per heavy atom. The van der Waals surface area contributed by atoms with E-state index >= 15 is 0 Å². The highest BCUT2D eigenvalue weighted by Crippen LogP contribution is 2.19. The molecule has 21 heavy (non-hydrogen) atoms. The van der Waals surface area contributed by atoms with Gasteiger partial charge in [-0.15, -0.1) is 0 Å². The van der Waals surface area contributed by atoms with Gasteiger partial charge in [0.05, 0.1) is 0 Å². The topological polar surface area (TPSA) is 87.7 Å². The number of amides is 1. The molecule has 1 amide bonds. The highest BCUT2D eigenvalue weighted by Gasteiger charge is 2.24. The van der Waals surface area contributed by atoms with Crippen LogP contribution < -0.4 is 11.1 Å². The zero-order chi connectivity index (χ0) is 15.5. The lowest BCUT2D eigenvalue weighted by Crippen LogP contribution is -2.42. The molecule has 5 nitrogen and oxygen atoms in total. The zero-order valence-corrected chi connectivity index (χ0v) is 12.1. The van der Waals surface area contributed by atoms with Crippen LogP contribution in [0.15, 0.2) is 47.6 Å². The molecule has 0 aliphatic carbocycles. The monoisotopic (exact) mass is 285 g/mol. The highest BCUT2D eigenvalue weighted by atomic mass is 16.4. The SMILES string of the molecule is CC(C)(CNC(=O)c1cccc2ccccc12)/C(N)=N/O. The molecule has 2 aromatic rings. The van der Waals surface area contributed by atoms with E-state index in [2.05, 4.69) is 10.5 Å². The van der Waals surface area contributed by atoms with Crippen LogP contribution >= 0.6 is 0 Å². The summed E-state index contributed by atoms with van der Waals surface area (Å²) in [6.07, 6.45) is 0. The minimum absolute atomic E-state index is 0.0840. The van der Waals surface area contributed by atoms with Crippen LogP contribution in [-0.2, 0) is 0 Å². The molecule has 110 valence electrons. The number of oxime groups is 1. The van der Waals surface area contributed by atoms with E-state index in [1.165, 1.54) is 0 Å². The van der Waals surface area contributed by atoms with E-state index in [1.54, 1.807) is 19.9 Å². The minimum atomic E-state index is -0.616. The Bertz CT molecular complexity index is 687. The van der Waals surface area contributed by atoms with Crippen LogP contribution in [0, 0.1) is 5.41 Å². The molecule has 0 atom stereocenters. The van der Waals surface area contributed by atoms with Crippen molar-refractivity contribution in [2.24, 2.45) is 16.3 Å². The first kappa shape index (κ1) is 14.8. The second kappa shape index (κ2) is 5.83. The van der Waals surface area contributed by atoms with Gasteiger partial charge in [-0.25, -0.2) is 0 Å². The summed E-state index contributed by atoms with van der Waals surface area (Å²) in [7, 11) is 0. The van der Waals surface area contributed by atoms with Gasteiger partial charge in [-0.1, -0.05) is 55.4 Å². The van der Waals surface area contributed by atoms with Crippen LogP contribution in [0.1, 0.15) is 24.2 Å². The number of benzene rings is 2. The molecule has 5 heteroatoms. The van der Waals surface area contributed by atoms with Gasteiger partial charge in [-0.3, -0.25) is 4.79 Å². The van der Waals surface area contributed by atoms with E-state index in [1.807, 2.05) is 36.4 Å². The molecule has 0 saturated heterocycles. The average molecular weight is 285 g/mol. The molecule has 0 aromatic heterocycles. The Morgan fingerprint density at radius 3 is 2.62 bits per heavy atom. The Balaban J connectivity index is 2.20. The number of nitrogens with two attached hydrogens (primary N) is 1. The number of fused-ring (bicyclic) bond motifs is 1. The van der Waals surface area contributed by atoms with Gasteiger partial charge >= 0.3 is 0 Å². The molecule has 0 bridgehead atoms. The van der Waals surface area contributed by atoms with Gasteiger partial charge in [-0.05, 0) is 16.8 Å². The van der Waals surface area contributed by atoms with Crippen molar-refractivity contribution in [1.82, 2.24) is 5.32 Å². The summed E-state index contributed by atoms with van der Waals surface area (Å²) in [5.41, 5.74) is 5.61. The molecule has 0 aliphatic rings. The predicted octanol–water partition coefficient (Wildman–Crippen LogP) is 2.34. The van der Waals surface area contributed by atoms with Crippen molar-refractivity contribution in [2.75, 3.05) is 6.54 Å². The van der Waals surface area contributed by atoms with Crippen molar-refractivity contribution in [3.05, 3.63) is 48.0 Å². The molecule has 0 spiro atoms. The summed E-state index contributed by atoms with van der Waals surface area (Å²) in [5, 5.41) is 16.5. The first-order valence-corrected chi connectivity index (χ1v) is 6.69. The summed E-state index contributed by atoms with van der Waals surface area (Å²) in [5.74, 6) is -0.0914. The van der Waals surface area contributed by atoms with Gasteiger partial charge in [0.2, 0.25) is 0 Å². The second-order valence-corrected chi connectivity index (χ2v) is 5.58. The molecule has 0 saturated carbocycles. The highest BCUT2D eigenvalue weighted by molar-refractivity contribution is 6.07. The number of carbonyl (C=O) groups is 1. The third-order valence-electron chi connectivity index (χ3n) is 3.53. The van der Waals surface area contributed by atoms with Crippen molar-refractivity contribution in [1.29, 1.82) is 0 Å². The van der Waals surface area contributed by atoms with E-state index in [-0.39, 0.29) is 18.3 Å². The predicted molar refractivity (Wildman–Crippen MR) is 83.5 cm³/mol. The molecule has 2 aromatic carbocycles. The molecule has 2 rings (SSSR count). The molecule has 4 N–H and O–H groups in total. The van der Waals surface area contributed by atoms with Crippen LogP contribution in [0.3, 0.4) is 0 Å². The van der Waals surface area contributed by atoms with Crippen LogP contribution in [0.4, 0.5) is 0 Å². The maximum atomic E-state index is 12.4. The number of nitrogens with one attached hydrogen (secondary N) is 1. The molecular weight excluding hydrogens is 266 g/mol. The Kier molecular flexibility index (Phi) is 4.12. The Morgan fingerprint density at radius 2 is 1.90 bits per heavy atom. The third-order valence-corrected chi connectivity index (χ3v) is 3.53. The quantitative estimate of drug-likeness (QED) is 0.349. The summed E-state index contributed by atoms with van der Waals surface area (Å²) in [4.78, 5) is 12.4. The smallest absolute Gasteiger partial charge is 0.251 e. The van der Waals surface area contributed by atoms with Gasteiger partial charge in [0, 0.05) is 17.5 Å². The van der Waals surface area contributed by atoms with Crippen LogP contribution in [0.2, 0.25) is 0 Å². The minimum Gasteiger partial charge on any atom is -0.409 e. The second-order valence-electron chi connectivity index (χ2n) is 5.58. The molecular formula is C16H19N3O2. The van der Waals surface area contributed by atoms with E-state index in [4.69, 9.17) is 10.9 Å². The van der Waals surface area contributed by atoms with Crippen LogP contribution in [0.25, 0.3) is 10.8 Å². The van der Waals surface area contributed by atoms with Crippen molar-refractivity contribution < 1.29 is 10.0 Å². The third kappa shape index (κ3) is 3.13. The van der Waals surface area contributed by atoms with E-state index in [0.29, 0.717) is 5.56 Å². The standard InChI is InChI=1S/C16H19N3O2/c1-16(2,15(17)19-21)10-18-14(20)13-9-5-7-11-6-3-4-8-12(11)13/h3-9,21H,10H2,1-2H3,(H2,17,19)(H,18,20). The van der Waals surface area contributed by atoms with Crippen molar-refractivity contribution in [2.45, 2.75) is 13.8 Å². The number of nitrogens with zero attached hydrogens (tertiary/aromatic N) is 1. The molecule has 0 heterocycles. The maximum absolute atomic E-state index is 12.4. The van der Waals surface area contributed by atoms with Crippen molar-refractivity contribution in [3.8, 4) is 0 Å². The summed E-state index contributed by atoms with van der Waals surface area (Å²) >= 11 is 0. The van der Waals surface area contributed by atoms with Crippen molar-refractivity contribution >= 4 is 22.5 Å². The fourth-order valence-electron chi connectivity index (χ4n) is 2.05. The number of carbonyl (C=O) groups excluding carboxylic acids is 1. The number of rotatable bonds is 4. The molecule has 0 fully saturated rings. The zero-order valence-electron chi connectivity index (χ0n) is 12.1. The Labute approximate surface area is 123 Å². The normalized spacial score (nSPS) is 12.4. The van der Waals surface area contributed by atoms with Crippen LogP contribution in [-0.4, -0.2) is 23.5 Å². The first-order valence-electron chi connectivity index (χ1n) is 6.69. The van der Waals surface area contributed by atoms with Crippen LogP contribution in [0.5, 0.6) is 0 Å². The Hall–Kier alpha value is -2.56. The maximum Gasteiger partial charge on any atom is 0.251 e. The lowest BCUT2D eigenvalue weighted by molar-refractivity contribution is 0.0946. The summed E-state index contributed by atoms with van der Waals surface area (Å²) < 4.78 is 0. The van der Waals surface area contributed by atoms with E-state index in [0.717, 1.165) is 10.8 Å². The first-order chi connectivity index (χ1) is 9.95. The molecule has 0 radical (unpaired) electrons. The van der Waals surface area contributed by atoms with Crippen molar-refractivity contribution in [3.63, 3.8) is 0 Å². The fourth-order valence-corrected chi connectivity index (χ4v) is 2.05. The number of amidine groups is 1. The largest absolute Gasteiger partial charge is 0.409 e. The van der Waals surface area contributed by atoms with Gasteiger partial charge in [0.25, 0.3) is 5.91 Å². The molecule has 0 aliphatic heterocycles. The lowest BCUT2D eigenvalue weighted by Gasteiger charge is -2.23. The van der Waals surface area contributed by atoms with Gasteiger partial charge < -0.3 is 16.3 Å². The number of hydrogen-bond acceptors (Lipinski definition) is 3. The number of hydrogen-bond donors (Lipinski definition) is 3. The summed E-state index contributed by atoms with van der Waals surface area (Å²) in [6, 6.07) is 13.3. The van der Waals surface area contributed by atoms with Gasteiger partial charge in [-0.2, -0.15) is 0 Å².